The molecule has 0 atom stereocenters. The van der Waals surface area contributed by atoms with Crippen molar-refractivity contribution in [1.29, 1.82) is 0 Å². The smallest absolute Gasteiger partial charge is 0.314 e. The Morgan fingerprint density at radius 2 is 1.66 bits per heavy atom. The molecule has 2 aromatic heterocycles. The highest BCUT2D eigenvalue weighted by Crippen LogP contribution is 2.35. The van der Waals surface area contributed by atoms with Gasteiger partial charge in [-0.15, -0.1) is 0 Å². The number of aromatic amines is 1. The third-order valence-corrected chi connectivity index (χ3v) is 7.43. The molecule has 44 heavy (non-hydrogen) atoms. The summed E-state index contributed by atoms with van der Waals surface area (Å²) >= 11 is 0. The Labute approximate surface area is 253 Å². The van der Waals surface area contributed by atoms with Gasteiger partial charge in [0, 0.05) is 43.5 Å². The van der Waals surface area contributed by atoms with Crippen LogP contribution in [0, 0.1) is 11.2 Å². The summed E-state index contributed by atoms with van der Waals surface area (Å²) in [6, 6.07) is 16.6. The normalized spacial score (nSPS) is 20.4. The zero-order valence-corrected chi connectivity index (χ0v) is 24.4. The van der Waals surface area contributed by atoms with Crippen LogP contribution in [0.25, 0.3) is 22.6 Å². The Morgan fingerprint density at radius 1 is 1.00 bits per heavy atom. The number of nitrogens with one attached hydrogen (secondary N) is 1. The van der Waals surface area contributed by atoms with E-state index in [9.17, 15) is 19.1 Å². The number of imidazole rings is 1. The molecule has 0 bridgehead atoms. The number of rotatable bonds is 6. The van der Waals surface area contributed by atoms with Crippen molar-refractivity contribution < 1.29 is 28.6 Å². The number of halogens is 1. The fourth-order valence-electron chi connectivity index (χ4n) is 4.64. The van der Waals surface area contributed by atoms with Gasteiger partial charge in [-0.1, -0.05) is 18.2 Å². The van der Waals surface area contributed by atoms with E-state index in [2.05, 4.69) is 26.8 Å². The molecule has 4 N–H and O–H groups in total. The summed E-state index contributed by atoms with van der Waals surface area (Å²) in [6.45, 7) is 5.04. The van der Waals surface area contributed by atoms with E-state index in [1.54, 1.807) is 55.6 Å². The number of aliphatic carboxylic acids is 1. The van der Waals surface area contributed by atoms with Crippen LogP contribution >= 0.6 is 0 Å². The summed E-state index contributed by atoms with van der Waals surface area (Å²) in [6.07, 6.45) is 0.839. The first-order chi connectivity index (χ1) is 21.1. The highest BCUT2D eigenvalue weighted by molar-refractivity contribution is 5.92. The van der Waals surface area contributed by atoms with Crippen molar-refractivity contribution in [3.8, 4) is 22.6 Å². The predicted molar refractivity (Wildman–Crippen MR) is 160 cm³/mol. The van der Waals surface area contributed by atoms with E-state index in [-0.39, 0.29) is 24.9 Å². The van der Waals surface area contributed by atoms with Crippen LogP contribution in [-0.4, -0.2) is 88.3 Å². The molecule has 0 spiro atoms. The largest absolute Gasteiger partial charge is 0.481 e. The zero-order chi connectivity index (χ0) is 31.3. The van der Waals surface area contributed by atoms with E-state index in [1.165, 1.54) is 12.1 Å². The van der Waals surface area contributed by atoms with Crippen LogP contribution in [0.15, 0.2) is 66.9 Å². The van der Waals surface area contributed by atoms with Gasteiger partial charge in [-0.05, 0) is 56.4 Å². The van der Waals surface area contributed by atoms with Gasteiger partial charge in [0.25, 0.3) is 0 Å². The number of carbonyl (C=O) groups is 2. The number of piperazine rings is 1. The molecule has 4 aromatic rings. The fraction of sp³-hybridized carbons (Fsp3) is 0.323. The average Bonchev–Trinajstić information content (AvgIpc) is 3.48. The molecule has 2 fully saturated rings. The number of carboxylic acids is 1. The van der Waals surface area contributed by atoms with Crippen molar-refractivity contribution in [3.05, 3.63) is 84.1 Å². The maximum atomic E-state index is 13.6. The number of nitrogens with zero attached hydrogens (tertiary/aromatic N) is 5. The molecule has 12 nitrogen and oxygen atoms in total. The van der Waals surface area contributed by atoms with Gasteiger partial charge in [-0.2, -0.15) is 0 Å². The van der Waals surface area contributed by atoms with Crippen LogP contribution in [0.5, 0.6) is 0 Å². The number of carbonyl (C=O) groups excluding carboxylic acids is 1. The molecular formula is C31H34FN7O5. The number of anilines is 1. The van der Waals surface area contributed by atoms with Gasteiger partial charge in [0.2, 0.25) is 18.1 Å². The van der Waals surface area contributed by atoms with Crippen molar-refractivity contribution in [2.45, 2.75) is 13.2 Å². The van der Waals surface area contributed by atoms with E-state index < -0.39 is 17.7 Å². The first-order valence-electron chi connectivity index (χ1n) is 14.1. The Hall–Kier alpha value is -4.72. The number of carboxylic acid groups (broad SMARTS) is 1. The summed E-state index contributed by atoms with van der Waals surface area (Å²) in [5, 5.41) is 9.44. The van der Waals surface area contributed by atoms with Crippen molar-refractivity contribution in [3.63, 3.8) is 0 Å². The van der Waals surface area contributed by atoms with Crippen molar-refractivity contribution in [1.82, 2.24) is 24.8 Å². The van der Waals surface area contributed by atoms with Crippen molar-refractivity contribution in [2.24, 2.45) is 11.1 Å². The van der Waals surface area contributed by atoms with Gasteiger partial charge < -0.3 is 35.1 Å². The lowest BCUT2D eigenvalue weighted by Crippen LogP contribution is -2.45. The van der Waals surface area contributed by atoms with E-state index >= 15 is 0 Å². The van der Waals surface area contributed by atoms with E-state index in [1.807, 2.05) is 6.07 Å². The summed E-state index contributed by atoms with van der Waals surface area (Å²) in [5.74, 6) is -0.709. The number of likely N-dealkylation sites (N-methyl/N-ethyl adjacent to an activating group) is 1. The van der Waals surface area contributed by atoms with E-state index in [4.69, 9.17) is 25.2 Å². The van der Waals surface area contributed by atoms with Gasteiger partial charge in [0.1, 0.15) is 11.2 Å². The lowest BCUT2D eigenvalue weighted by atomic mass is 9.92. The summed E-state index contributed by atoms with van der Waals surface area (Å²) < 4.78 is 25.1. The lowest BCUT2D eigenvalue weighted by molar-refractivity contribution is -0.236. The maximum absolute atomic E-state index is 13.6. The minimum absolute atomic E-state index is 0.0179. The lowest BCUT2D eigenvalue weighted by Gasteiger charge is -2.33. The molecule has 1 amide bonds. The molecule has 0 radical (unpaired) electrons. The van der Waals surface area contributed by atoms with Crippen LogP contribution < -0.4 is 10.6 Å². The molecule has 2 aromatic carbocycles. The molecule has 6 rings (SSSR count). The third kappa shape index (κ3) is 7.08. The zero-order valence-electron chi connectivity index (χ0n) is 24.4. The molecular weight excluding hydrogens is 569 g/mol. The Morgan fingerprint density at radius 3 is 2.25 bits per heavy atom. The SMILES string of the molecule is CN1CCN(c2nccc(-c3[nH]c(C4OCC(C)(C(=O)O)CO4)nc3-c3ccc(F)cc3)n2)CC1.NC(=O)c1ccccc1. The number of hydrogen-bond donors (Lipinski definition) is 3. The molecule has 230 valence electrons. The minimum atomic E-state index is -1.13. The Balaban J connectivity index is 0.000000367. The monoisotopic (exact) mass is 603 g/mol. The van der Waals surface area contributed by atoms with E-state index in [0.29, 0.717) is 40.0 Å². The number of benzene rings is 2. The molecule has 13 heteroatoms. The van der Waals surface area contributed by atoms with Crippen molar-refractivity contribution >= 4 is 17.8 Å². The number of hydrogen-bond acceptors (Lipinski definition) is 9. The molecule has 4 heterocycles. The standard InChI is InChI=1S/C24H27FN6O4.C7H7NO/c1-24(22(32)33)13-34-21(35-14-24)20-28-18(15-3-5-16(25)6-4-15)19(29-20)17-7-8-26-23(27-17)31-11-9-30(2)10-12-31;8-7(9)6-4-2-1-3-5-6/h3-8,21H,9-14H2,1-2H3,(H,28,29)(H,32,33);1-5H,(H2,8,9). The summed E-state index contributed by atoms with van der Waals surface area (Å²) in [4.78, 5) is 43.5. The van der Waals surface area contributed by atoms with Gasteiger partial charge in [0.05, 0.1) is 30.3 Å². The topological polar surface area (TPSA) is 160 Å². The summed E-state index contributed by atoms with van der Waals surface area (Å²) in [5.41, 5.74) is 6.88. The molecule has 2 aliphatic rings. The Bertz CT molecular complexity index is 1580. The number of aromatic nitrogens is 4. The second-order valence-electron chi connectivity index (χ2n) is 10.9. The maximum Gasteiger partial charge on any atom is 0.314 e. The van der Waals surface area contributed by atoms with Crippen molar-refractivity contribution in [2.75, 3.05) is 51.3 Å². The first-order valence-corrected chi connectivity index (χ1v) is 14.1. The highest BCUT2D eigenvalue weighted by Gasteiger charge is 2.41. The minimum Gasteiger partial charge on any atom is -0.481 e. The number of primary amides is 1. The second kappa shape index (κ2) is 13.3. The molecule has 0 aliphatic carbocycles. The predicted octanol–water partition coefficient (Wildman–Crippen LogP) is 3.35. The third-order valence-electron chi connectivity index (χ3n) is 7.43. The first kappa shape index (κ1) is 30.7. The quantitative estimate of drug-likeness (QED) is 0.298. The number of amides is 1. The van der Waals surface area contributed by atoms with Crippen LogP contribution in [0.4, 0.5) is 10.3 Å². The fourth-order valence-corrected chi connectivity index (χ4v) is 4.64. The van der Waals surface area contributed by atoms with Crippen LogP contribution in [0.2, 0.25) is 0 Å². The van der Waals surface area contributed by atoms with Crippen LogP contribution in [0.3, 0.4) is 0 Å². The van der Waals surface area contributed by atoms with Crippen LogP contribution in [0.1, 0.15) is 29.4 Å². The number of nitrogens with two attached hydrogens (primary N) is 1. The Kier molecular flexibility index (Phi) is 9.28. The van der Waals surface area contributed by atoms with Gasteiger partial charge >= 0.3 is 5.97 Å². The highest BCUT2D eigenvalue weighted by atomic mass is 19.1. The van der Waals surface area contributed by atoms with Gasteiger partial charge in [0.15, 0.2) is 5.82 Å². The average molecular weight is 604 g/mol. The molecule has 0 saturated carbocycles. The number of H-pyrrole nitrogens is 1. The summed E-state index contributed by atoms with van der Waals surface area (Å²) in [7, 11) is 2.09. The second-order valence-corrected chi connectivity index (χ2v) is 10.9. The van der Waals surface area contributed by atoms with E-state index in [0.717, 1.165) is 26.2 Å². The van der Waals surface area contributed by atoms with Gasteiger partial charge in [-0.25, -0.2) is 19.3 Å². The van der Waals surface area contributed by atoms with Gasteiger partial charge in [-0.3, -0.25) is 9.59 Å². The number of ether oxygens (including phenoxy) is 2. The molecule has 2 aliphatic heterocycles. The molecule has 2 saturated heterocycles. The van der Waals surface area contributed by atoms with Crippen LogP contribution in [-0.2, 0) is 14.3 Å². The molecule has 0 unspecified atom stereocenters.